The predicted octanol–water partition coefficient (Wildman–Crippen LogP) is 2.80. The molecule has 2 unspecified atom stereocenters. The van der Waals surface area contributed by atoms with Crippen molar-refractivity contribution < 1.29 is 61.6 Å². The predicted molar refractivity (Wildman–Crippen MR) is 246 cm³/mol. The number of carbonyl (C=O) groups is 1. The van der Waals surface area contributed by atoms with Crippen LogP contribution in [0.3, 0.4) is 0 Å². The monoisotopic (exact) mass is 885 g/mol. The molecule has 60 heavy (non-hydrogen) atoms. The molecule has 2 saturated heterocycles. The molecule has 0 bridgehead atoms. The first-order valence-corrected chi connectivity index (χ1v) is 21.4. The Morgan fingerprint density at radius 3 is 1.25 bits per heavy atom. The van der Waals surface area contributed by atoms with Gasteiger partial charge in [0.1, 0.15) is 63.9 Å². The van der Waals surface area contributed by atoms with Crippen molar-refractivity contribution >= 4 is 18.6 Å². The van der Waals surface area contributed by atoms with E-state index < -0.39 is 6.16 Å². The fourth-order valence-corrected chi connectivity index (χ4v) is 8.29. The second-order valence-corrected chi connectivity index (χ2v) is 19.0. The number of quaternary nitrogens is 4. The molecule has 1 radical (unpaired) electrons. The SMILES string of the molecule is C[NH+]1CC[NH+](CCCc2cc(C(C)(C)C)cc(C=NC3CCCCC3N=Cc3cc(C(C)(C)C)cc(CCC[NH+]4CC[NH+](C)CC4)c3O)c2O)CC1.O=C(O)O.[CH3-].[CH3-].[CH3-].[Co]. The molecule has 2 aliphatic heterocycles. The van der Waals surface area contributed by atoms with E-state index in [1.54, 1.807) is 19.6 Å². The summed E-state index contributed by atoms with van der Waals surface area (Å²) in [5.41, 5.74) is 6.17. The average Bonchev–Trinajstić information content (AvgIpc) is 3.12. The van der Waals surface area contributed by atoms with Crippen LogP contribution in [0.2, 0.25) is 0 Å². The molecule has 8 N–H and O–H groups in total. The molecule has 0 spiro atoms. The molecule has 0 amide bonds. The van der Waals surface area contributed by atoms with Crippen LogP contribution in [0.1, 0.15) is 113 Å². The Morgan fingerprint density at radius 2 is 0.950 bits per heavy atom. The Balaban J connectivity index is 0.00000416. The first kappa shape index (κ1) is 57.0. The van der Waals surface area contributed by atoms with Crippen LogP contribution in [0.4, 0.5) is 4.79 Å². The van der Waals surface area contributed by atoms with Gasteiger partial charge < -0.3 is 62.3 Å². The number of aryl methyl sites for hydroxylation is 2. The number of phenolic OH excluding ortho intramolecular Hbond substituents is 2. The molecule has 2 heterocycles. The van der Waals surface area contributed by atoms with Gasteiger partial charge in [0.25, 0.3) is 0 Å². The van der Waals surface area contributed by atoms with Gasteiger partial charge in [-0.3, -0.25) is 9.98 Å². The number of piperazine rings is 2. The van der Waals surface area contributed by atoms with Gasteiger partial charge in [0.15, 0.2) is 0 Å². The summed E-state index contributed by atoms with van der Waals surface area (Å²) in [4.78, 5) is 25.5. The van der Waals surface area contributed by atoms with Crippen molar-refractivity contribution in [1.29, 1.82) is 0 Å². The second kappa shape index (κ2) is 26.5. The molecular formula is C48H85CoN6O5+. The van der Waals surface area contributed by atoms with E-state index in [1.807, 2.05) is 12.4 Å². The quantitative estimate of drug-likeness (QED) is 0.123. The van der Waals surface area contributed by atoms with E-state index in [0.717, 1.165) is 86.7 Å². The first-order chi connectivity index (χ1) is 26.4. The normalized spacial score (nSPS) is 23.3. The van der Waals surface area contributed by atoms with Gasteiger partial charge in [-0.1, -0.05) is 66.5 Å². The Morgan fingerprint density at radius 1 is 0.633 bits per heavy atom. The van der Waals surface area contributed by atoms with E-state index in [9.17, 15) is 10.2 Å². The van der Waals surface area contributed by atoms with Crippen LogP contribution in [-0.2, 0) is 40.5 Å². The maximum Gasteiger partial charge on any atom is 0.503 e. The minimum Gasteiger partial charge on any atom is -0.507 e. The van der Waals surface area contributed by atoms with Gasteiger partial charge in [-0.05, 0) is 70.9 Å². The molecule has 345 valence electrons. The molecule has 11 nitrogen and oxygen atoms in total. The third-order valence-corrected chi connectivity index (χ3v) is 12.2. The molecule has 1 saturated carbocycles. The third kappa shape index (κ3) is 18.1. The summed E-state index contributed by atoms with van der Waals surface area (Å²) in [5, 5.41) is 37.0. The van der Waals surface area contributed by atoms with Crippen LogP contribution < -0.4 is 19.6 Å². The molecule has 5 rings (SSSR count). The van der Waals surface area contributed by atoms with E-state index in [-0.39, 0.29) is 62.0 Å². The fourth-order valence-electron chi connectivity index (χ4n) is 8.29. The van der Waals surface area contributed by atoms with Crippen molar-refractivity contribution in [3.63, 3.8) is 0 Å². The summed E-state index contributed by atoms with van der Waals surface area (Å²) < 4.78 is 0. The summed E-state index contributed by atoms with van der Waals surface area (Å²) in [7, 11) is 4.59. The molecule has 2 atom stereocenters. The fraction of sp³-hybridized carbons (Fsp3) is 0.625. The number of rotatable bonds is 12. The van der Waals surface area contributed by atoms with Gasteiger partial charge in [0.2, 0.25) is 0 Å². The number of aromatic hydroxyl groups is 2. The van der Waals surface area contributed by atoms with Crippen molar-refractivity contribution in [2.24, 2.45) is 9.98 Å². The number of benzene rings is 2. The van der Waals surface area contributed by atoms with Crippen LogP contribution >= 0.6 is 0 Å². The summed E-state index contributed by atoms with van der Waals surface area (Å²) in [6.07, 6.45) is 10.2. The van der Waals surface area contributed by atoms with Gasteiger partial charge in [0, 0.05) is 53.2 Å². The van der Waals surface area contributed by atoms with Crippen LogP contribution in [-0.4, -0.2) is 131 Å². The number of nitrogens with one attached hydrogen (secondary N) is 4. The van der Waals surface area contributed by atoms with Crippen LogP contribution in [0.25, 0.3) is 0 Å². The van der Waals surface area contributed by atoms with E-state index in [1.165, 1.54) is 63.5 Å². The zero-order chi connectivity index (χ0) is 41.0. The zero-order valence-corrected chi connectivity index (χ0v) is 40.3. The molecule has 12 heteroatoms. The molecule has 1 aliphatic carbocycles. The smallest absolute Gasteiger partial charge is 0.503 e. The Bertz CT molecular complexity index is 1500. The molecule has 2 aromatic carbocycles. The molecule has 2 aromatic rings. The van der Waals surface area contributed by atoms with Crippen molar-refractivity contribution in [1.82, 2.24) is 0 Å². The van der Waals surface area contributed by atoms with Crippen molar-refractivity contribution in [2.45, 2.75) is 116 Å². The Hall–Kier alpha value is -3.00. The van der Waals surface area contributed by atoms with Crippen molar-refractivity contribution in [2.75, 3.05) is 79.5 Å². The van der Waals surface area contributed by atoms with Gasteiger partial charge in [-0.25, -0.2) is 4.79 Å². The minimum absolute atomic E-state index is 0. The van der Waals surface area contributed by atoms with Crippen LogP contribution in [0.15, 0.2) is 34.3 Å². The van der Waals surface area contributed by atoms with Gasteiger partial charge in [-0.2, -0.15) is 0 Å². The maximum atomic E-state index is 11.5. The number of nitrogens with zero attached hydrogens (tertiary/aromatic N) is 2. The number of carboxylic acid groups (broad SMARTS) is 2. The summed E-state index contributed by atoms with van der Waals surface area (Å²) in [6, 6.07) is 8.84. The van der Waals surface area contributed by atoms with Crippen molar-refractivity contribution in [3.05, 3.63) is 79.9 Å². The molecule has 3 aliphatic rings. The first-order valence-electron chi connectivity index (χ1n) is 21.4. The Kier molecular flexibility index (Phi) is 25.1. The molecule has 3 fully saturated rings. The standard InChI is InChI=1S/C44H70N6O2.CH2O3.3CH3.Co/c1-43(2,3)37-27-33(13-11-17-49-23-19-47(7)20-24-49)41(51)35(29-37)31-45-39-15-9-10-16-40(39)46-32-36-30-38(44(4,5)6)28-34(42(36)52)14-12-18-50-25-21-48(8)22-26-50;2-1(3)4;;;;/h27-32,39-40,51-52H,9-26H2,1-8H3;(H2,2,3,4);3*1H3;/q;;3*-1;/p+4. The topological polar surface area (TPSA) is 140 Å². The second-order valence-electron chi connectivity index (χ2n) is 19.0. The zero-order valence-electron chi connectivity index (χ0n) is 39.3. The third-order valence-electron chi connectivity index (χ3n) is 12.2. The largest absolute Gasteiger partial charge is 0.507 e. The minimum atomic E-state index is -1.83. The number of aliphatic imine (C=N–C) groups is 2. The van der Waals surface area contributed by atoms with E-state index in [0.29, 0.717) is 11.5 Å². The van der Waals surface area contributed by atoms with Gasteiger partial charge >= 0.3 is 6.16 Å². The number of hydrogen-bond acceptors (Lipinski definition) is 5. The van der Waals surface area contributed by atoms with Gasteiger partial charge in [0.05, 0.1) is 39.3 Å². The molecular weight excluding hydrogens is 799 g/mol. The van der Waals surface area contributed by atoms with Crippen LogP contribution in [0.5, 0.6) is 11.5 Å². The summed E-state index contributed by atoms with van der Waals surface area (Å²) >= 11 is 0. The van der Waals surface area contributed by atoms with E-state index >= 15 is 0 Å². The maximum absolute atomic E-state index is 11.5. The Labute approximate surface area is 375 Å². The summed E-state index contributed by atoms with van der Waals surface area (Å²) in [5.74, 6) is 0.773. The van der Waals surface area contributed by atoms with E-state index in [4.69, 9.17) is 25.0 Å². The van der Waals surface area contributed by atoms with Crippen LogP contribution in [0, 0.1) is 22.3 Å². The van der Waals surface area contributed by atoms with Gasteiger partial charge in [-0.15, -0.1) is 0 Å². The van der Waals surface area contributed by atoms with E-state index in [2.05, 4.69) is 79.9 Å². The number of phenols is 2. The average molecular weight is 885 g/mol. The summed E-state index contributed by atoms with van der Waals surface area (Å²) in [6.45, 7) is 25.8. The molecule has 0 aromatic heterocycles. The number of likely N-dealkylation sites (N-methyl/N-ethyl adjacent to an activating group) is 2. The van der Waals surface area contributed by atoms with Crippen molar-refractivity contribution in [3.8, 4) is 11.5 Å². The number of hydrogen-bond donors (Lipinski definition) is 8.